The van der Waals surface area contributed by atoms with Crippen LogP contribution in [0, 0.1) is 5.92 Å². The number of hydrogen-bond donors (Lipinski definition) is 2. The lowest BCUT2D eigenvalue weighted by Gasteiger charge is -2.21. The molecule has 0 spiro atoms. The lowest BCUT2D eigenvalue weighted by molar-refractivity contribution is 0.271. The molecule has 29 heavy (non-hydrogen) atoms. The van der Waals surface area contributed by atoms with E-state index in [4.69, 9.17) is 4.74 Å². The highest BCUT2D eigenvalue weighted by atomic mass is 16.5. The Hall–Kier alpha value is -1.79. The van der Waals surface area contributed by atoms with Crippen molar-refractivity contribution in [2.24, 2.45) is 10.9 Å². The maximum absolute atomic E-state index is 5.77. The van der Waals surface area contributed by atoms with Gasteiger partial charge in [0.1, 0.15) is 5.75 Å². The molecule has 0 bridgehead atoms. The maximum Gasteiger partial charge on any atom is 0.191 e. The summed E-state index contributed by atoms with van der Waals surface area (Å²) >= 11 is 0. The third kappa shape index (κ3) is 9.05. The number of hydrogen-bond acceptors (Lipinski definition) is 4. The van der Waals surface area contributed by atoms with Gasteiger partial charge in [-0.3, -0.25) is 4.99 Å². The average molecular weight is 404 g/mol. The monoisotopic (exact) mass is 403 g/mol. The zero-order valence-corrected chi connectivity index (χ0v) is 19.1. The molecule has 0 aromatic heterocycles. The molecule has 1 unspecified atom stereocenters. The molecule has 1 saturated heterocycles. The quantitative estimate of drug-likeness (QED) is 0.377. The molecule has 0 amide bonds. The van der Waals surface area contributed by atoms with Crippen molar-refractivity contribution in [1.82, 2.24) is 20.4 Å². The fraction of sp³-hybridized carbons (Fsp3) is 0.696. The Morgan fingerprint density at radius 1 is 1.10 bits per heavy atom. The van der Waals surface area contributed by atoms with Gasteiger partial charge in [-0.15, -0.1) is 0 Å². The highest BCUT2D eigenvalue weighted by Gasteiger charge is 2.12. The van der Waals surface area contributed by atoms with Crippen LogP contribution in [-0.4, -0.2) is 75.7 Å². The van der Waals surface area contributed by atoms with Gasteiger partial charge in [-0.2, -0.15) is 0 Å². The number of benzene rings is 1. The van der Waals surface area contributed by atoms with Crippen molar-refractivity contribution in [2.45, 2.75) is 39.7 Å². The van der Waals surface area contributed by atoms with Crippen LogP contribution in [0.4, 0.5) is 0 Å². The summed E-state index contributed by atoms with van der Waals surface area (Å²) in [6.07, 6.45) is 2.40. The Labute approximate surface area is 177 Å². The van der Waals surface area contributed by atoms with Crippen molar-refractivity contribution in [2.75, 3.05) is 60.0 Å². The number of nitrogens with one attached hydrogen (secondary N) is 2. The molecule has 1 aromatic carbocycles. The molecular weight excluding hydrogens is 362 g/mol. The number of rotatable bonds is 9. The van der Waals surface area contributed by atoms with Crippen molar-refractivity contribution < 1.29 is 4.74 Å². The van der Waals surface area contributed by atoms with Gasteiger partial charge in [0.15, 0.2) is 5.96 Å². The van der Waals surface area contributed by atoms with Gasteiger partial charge in [0.2, 0.25) is 0 Å². The summed E-state index contributed by atoms with van der Waals surface area (Å²) in [6.45, 7) is 14.1. The Kier molecular flexibility index (Phi) is 10.3. The van der Waals surface area contributed by atoms with E-state index in [0.29, 0.717) is 5.92 Å². The average Bonchev–Trinajstić information content (AvgIpc) is 2.93. The first-order valence-corrected chi connectivity index (χ1v) is 11.1. The molecule has 1 fully saturated rings. The summed E-state index contributed by atoms with van der Waals surface area (Å²) < 4.78 is 5.77. The van der Waals surface area contributed by atoms with Gasteiger partial charge in [-0.1, -0.05) is 26.0 Å². The minimum Gasteiger partial charge on any atom is -0.493 e. The van der Waals surface area contributed by atoms with E-state index in [1.807, 2.05) is 19.2 Å². The molecule has 6 nitrogen and oxygen atoms in total. The number of nitrogens with zero attached hydrogens (tertiary/aromatic N) is 3. The molecule has 6 heteroatoms. The number of guanidine groups is 1. The van der Waals surface area contributed by atoms with Gasteiger partial charge >= 0.3 is 0 Å². The predicted molar refractivity (Wildman–Crippen MR) is 123 cm³/mol. The molecular formula is C23H41N5O. The summed E-state index contributed by atoms with van der Waals surface area (Å²) in [6, 6.07) is 8.52. The van der Waals surface area contributed by atoms with Crippen LogP contribution >= 0.6 is 0 Å². The third-order valence-corrected chi connectivity index (χ3v) is 5.30. The van der Waals surface area contributed by atoms with Crippen molar-refractivity contribution in [1.29, 1.82) is 0 Å². The molecule has 1 aromatic rings. The van der Waals surface area contributed by atoms with Crippen molar-refractivity contribution in [3.8, 4) is 5.75 Å². The Morgan fingerprint density at radius 2 is 1.86 bits per heavy atom. The minimum absolute atomic E-state index is 0.182. The first-order valence-electron chi connectivity index (χ1n) is 11.1. The van der Waals surface area contributed by atoms with E-state index in [1.165, 1.54) is 38.2 Å². The minimum atomic E-state index is 0.182. The Bertz CT molecular complexity index is 602. The topological polar surface area (TPSA) is 52.1 Å². The van der Waals surface area contributed by atoms with E-state index in [2.05, 4.69) is 65.4 Å². The molecule has 1 heterocycles. The summed E-state index contributed by atoms with van der Waals surface area (Å²) in [5.41, 5.74) is 1.22. The molecule has 2 rings (SSSR count). The predicted octanol–water partition coefficient (Wildman–Crippen LogP) is 2.98. The summed E-state index contributed by atoms with van der Waals surface area (Å²) in [7, 11) is 4.05. The SMILES string of the molecule is CN=C(NCCCN1CCCN(C)CC1)NC(C)c1ccc(OCC(C)C)cc1. The molecule has 1 aliphatic rings. The molecule has 2 N–H and O–H groups in total. The largest absolute Gasteiger partial charge is 0.493 e. The normalized spacial score (nSPS) is 17.8. The van der Waals surface area contributed by atoms with Gasteiger partial charge in [-0.25, -0.2) is 0 Å². The molecule has 1 aliphatic heterocycles. The van der Waals surface area contributed by atoms with Gasteiger partial charge in [0.05, 0.1) is 12.6 Å². The van der Waals surface area contributed by atoms with E-state index in [9.17, 15) is 0 Å². The number of likely N-dealkylation sites (N-methyl/N-ethyl adjacent to an activating group) is 1. The van der Waals surface area contributed by atoms with Gasteiger partial charge in [-0.05, 0) is 70.1 Å². The molecule has 0 aliphatic carbocycles. The second kappa shape index (κ2) is 12.7. The van der Waals surface area contributed by atoms with Crippen molar-refractivity contribution in [3.63, 3.8) is 0 Å². The fourth-order valence-electron chi connectivity index (χ4n) is 3.43. The molecule has 0 saturated carbocycles. The highest BCUT2D eigenvalue weighted by molar-refractivity contribution is 5.80. The van der Waals surface area contributed by atoms with Gasteiger partial charge < -0.3 is 25.2 Å². The smallest absolute Gasteiger partial charge is 0.191 e. The van der Waals surface area contributed by atoms with Crippen LogP contribution in [0.5, 0.6) is 5.75 Å². The maximum atomic E-state index is 5.77. The van der Waals surface area contributed by atoms with E-state index >= 15 is 0 Å². The number of ether oxygens (including phenoxy) is 1. The Morgan fingerprint density at radius 3 is 2.55 bits per heavy atom. The van der Waals surface area contributed by atoms with E-state index in [1.54, 1.807) is 0 Å². The first-order chi connectivity index (χ1) is 14.0. The second-order valence-corrected chi connectivity index (χ2v) is 8.49. The van der Waals surface area contributed by atoms with Crippen molar-refractivity contribution in [3.05, 3.63) is 29.8 Å². The van der Waals surface area contributed by atoms with Crippen LogP contribution in [-0.2, 0) is 0 Å². The number of aliphatic imine (C=N–C) groups is 1. The van der Waals surface area contributed by atoms with E-state index in [0.717, 1.165) is 37.8 Å². The lowest BCUT2D eigenvalue weighted by Crippen LogP contribution is -2.40. The zero-order chi connectivity index (χ0) is 21.1. The fourth-order valence-corrected chi connectivity index (χ4v) is 3.43. The molecule has 0 radical (unpaired) electrons. The summed E-state index contributed by atoms with van der Waals surface area (Å²) in [5, 5.41) is 6.94. The van der Waals surface area contributed by atoms with Crippen LogP contribution in [0.2, 0.25) is 0 Å². The first kappa shape index (κ1) is 23.5. The van der Waals surface area contributed by atoms with Crippen LogP contribution < -0.4 is 15.4 Å². The summed E-state index contributed by atoms with van der Waals surface area (Å²) in [5.74, 6) is 2.32. The Balaban J connectivity index is 1.70. The van der Waals surface area contributed by atoms with Crippen LogP contribution in [0.25, 0.3) is 0 Å². The zero-order valence-electron chi connectivity index (χ0n) is 19.1. The second-order valence-electron chi connectivity index (χ2n) is 8.49. The van der Waals surface area contributed by atoms with Gasteiger partial charge in [0, 0.05) is 26.7 Å². The van der Waals surface area contributed by atoms with E-state index < -0.39 is 0 Å². The van der Waals surface area contributed by atoms with Crippen LogP contribution in [0.1, 0.15) is 45.2 Å². The van der Waals surface area contributed by atoms with Crippen molar-refractivity contribution >= 4 is 5.96 Å². The standard InChI is InChI=1S/C23H41N5O/c1-19(2)18-29-22-10-8-21(9-11-22)20(3)26-23(24-4)25-12-6-14-28-15-7-13-27(5)16-17-28/h8-11,19-20H,6-7,12-18H2,1-5H3,(H2,24,25,26). The molecule has 1 atom stereocenters. The van der Waals surface area contributed by atoms with Crippen LogP contribution in [0.3, 0.4) is 0 Å². The highest BCUT2D eigenvalue weighted by Crippen LogP contribution is 2.18. The van der Waals surface area contributed by atoms with E-state index in [-0.39, 0.29) is 6.04 Å². The van der Waals surface area contributed by atoms with Gasteiger partial charge in [0.25, 0.3) is 0 Å². The molecule has 164 valence electrons. The summed E-state index contributed by atoms with van der Waals surface area (Å²) in [4.78, 5) is 9.38. The lowest BCUT2D eigenvalue weighted by atomic mass is 10.1. The third-order valence-electron chi connectivity index (χ3n) is 5.30. The van der Waals surface area contributed by atoms with Crippen LogP contribution in [0.15, 0.2) is 29.3 Å².